The number of likely N-dealkylation sites (tertiary alicyclic amines) is 1. The van der Waals surface area contributed by atoms with Crippen molar-refractivity contribution in [1.82, 2.24) is 61.0 Å². The standard InChI is InChI=1S/C52H69N13O5S/c1-5-34(3)48(66)55-45(50(68)63-28-16-21-42(63)32-64-52(58-59-61-64)71-43-22-14-9-15-23-43)35(4)70-33-39-31-62(60-57-39)30-38-24-25-40-26-27-41(65(40)51(69)47(38)56-49(67)44(53)6-2)29-54-46(36-17-10-7-11-18-36)37-19-12-8-13-20-37/h7-15,17-20,22-23,31,34-35,38,40-42,44-47,54H,5-6,16,21,24-30,32-33,53H2,1-4H3,(H,55,66)(H,56,67)/t34-,35-,38-,40+,41+,42+,44+,45+,47+/m1/s1. The van der Waals surface area contributed by atoms with Crippen LogP contribution in [0.25, 0.3) is 0 Å². The number of carbonyl (C=O) groups is 4. The van der Waals surface area contributed by atoms with Crippen molar-refractivity contribution < 1.29 is 23.9 Å². The van der Waals surface area contributed by atoms with Gasteiger partial charge in [0.15, 0.2) is 0 Å². The molecule has 19 heteroatoms. The number of carbonyl (C=O) groups excluding carboxylic acids is 4. The average Bonchev–Trinajstić information content (AvgIpc) is 4.23. The highest BCUT2D eigenvalue weighted by Crippen LogP contribution is 2.35. The molecule has 3 fully saturated rings. The monoisotopic (exact) mass is 988 g/mol. The molecule has 3 aliphatic rings. The minimum absolute atomic E-state index is 0.0187. The molecule has 3 aromatic carbocycles. The second-order valence-corrected chi connectivity index (χ2v) is 20.3. The summed E-state index contributed by atoms with van der Waals surface area (Å²) in [5, 5.41) is 31.9. The zero-order chi connectivity index (χ0) is 49.9. The first-order valence-corrected chi connectivity index (χ1v) is 26.1. The summed E-state index contributed by atoms with van der Waals surface area (Å²) in [4.78, 5) is 61.2. The molecule has 5 N–H and O–H groups in total. The SMILES string of the molecule is CC[C@@H](C)C(=O)N[C@H](C(=O)N1CCC[C@H]1Cn1nnnc1Sc1ccccc1)[C@@H](C)OCc1cn(C[C@H]2CC[C@H]3CC[C@@H](CNC(c4ccccc4)c4ccccc4)N3C(=O)[C@H]2NC(=O)[C@@H](N)CC)nn1. The van der Waals surface area contributed by atoms with Gasteiger partial charge >= 0.3 is 0 Å². The van der Waals surface area contributed by atoms with Crippen molar-refractivity contribution in [3.63, 3.8) is 0 Å². The van der Waals surface area contributed by atoms with Crippen molar-refractivity contribution in [3.05, 3.63) is 114 Å². The molecule has 4 amide bonds. The Morgan fingerprint density at radius 2 is 1.51 bits per heavy atom. The maximum absolute atomic E-state index is 14.9. The number of rotatable bonds is 22. The van der Waals surface area contributed by atoms with Crippen molar-refractivity contribution in [3.8, 4) is 0 Å². The highest BCUT2D eigenvalue weighted by atomic mass is 32.2. The summed E-state index contributed by atoms with van der Waals surface area (Å²) in [6.07, 6.45) is 6.84. The Kier molecular flexibility index (Phi) is 17.6. The lowest BCUT2D eigenvalue weighted by atomic mass is 9.92. The normalized spacial score (nSPS) is 21.9. The Labute approximate surface area is 420 Å². The van der Waals surface area contributed by atoms with Crippen LogP contribution in [0.1, 0.15) is 102 Å². The number of amides is 4. The fourth-order valence-electron chi connectivity index (χ4n) is 10.1. The highest BCUT2D eigenvalue weighted by Gasteiger charge is 2.46. The zero-order valence-corrected chi connectivity index (χ0v) is 42.1. The lowest BCUT2D eigenvalue weighted by molar-refractivity contribution is -0.143. The first-order valence-electron chi connectivity index (χ1n) is 25.3. The van der Waals surface area contributed by atoms with Crippen LogP contribution in [0, 0.1) is 11.8 Å². The largest absolute Gasteiger partial charge is 0.369 e. The van der Waals surface area contributed by atoms with E-state index in [9.17, 15) is 19.2 Å². The van der Waals surface area contributed by atoms with Gasteiger partial charge in [-0.1, -0.05) is 105 Å². The number of nitrogens with two attached hydrogens (primary N) is 1. The number of fused-ring (bicyclic) bond motifs is 1. The van der Waals surface area contributed by atoms with Crippen LogP contribution in [-0.4, -0.2) is 124 Å². The van der Waals surface area contributed by atoms with E-state index < -0.39 is 24.2 Å². The molecule has 0 aliphatic carbocycles. The summed E-state index contributed by atoms with van der Waals surface area (Å²) in [6, 6.07) is 27.7. The molecule has 378 valence electrons. The van der Waals surface area contributed by atoms with E-state index in [0.29, 0.717) is 56.3 Å². The Bertz CT molecular complexity index is 2470. The second-order valence-electron chi connectivity index (χ2n) is 19.3. The quantitative estimate of drug-likeness (QED) is 0.0725. The van der Waals surface area contributed by atoms with Crippen molar-refractivity contribution in [1.29, 1.82) is 0 Å². The van der Waals surface area contributed by atoms with Crippen molar-refractivity contribution in [2.24, 2.45) is 17.6 Å². The summed E-state index contributed by atoms with van der Waals surface area (Å²) in [6.45, 7) is 9.27. The number of nitrogens with one attached hydrogen (secondary N) is 3. The van der Waals surface area contributed by atoms with Crippen LogP contribution in [0.3, 0.4) is 0 Å². The van der Waals surface area contributed by atoms with Crippen LogP contribution in [0.4, 0.5) is 0 Å². The molecule has 18 nitrogen and oxygen atoms in total. The summed E-state index contributed by atoms with van der Waals surface area (Å²) in [5.41, 5.74) is 9.05. The molecule has 9 atom stereocenters. The van der Waals surface area contributed by atoms with Gasteiger partial charge in [-0.15, -0.1) is 10.2 Å². The molecule has 0 unspecified atom stereocenters. The van der Waals surface area contributed by atoms with E-state index in [2.05, 4.69) is 66.1 Å². The number of hydrogen-bond donors (Lipinski definition) is 4. The molecule has 71 heavy (non-hydrogen) atoms. The van der Waals surface area contributed by atoms with Crippen LogP contribution in [0.5, 0.6) is 0 Å². The number of tetrazole rings is 1. The number of aromatic nitrogens is 7. The molecule has 0 spiro atoms. The third-order valence-electron chi connectivity index (χ3n) is 14.5. The van der Waals surface area contributed by atoms with Crippen LogP contribution in [0.2, 0.25) is 0 Å². The molecular weight excluding hydrogens is 919 g/mol. The summed E-state index contributed by atoms with van der Waals surface area (Å²) in [7, 11) is 0. The molecular formula is C52H69N13O5S. The molecule has 0 bridgehead atoms. The first-order chi connectivity index (χ1) is 34.5. The Morgan fingerprint density at radius 1 is 0.817 bits per heavy atom. The van der Waals surface area contributed by atoms with E-state index in [0.717, 1.165) is 48.1 Å². The minimum Gasteiger partial charge on any atom is -0.369 e. The average molecular weight is 988 g/mol. The van der Waals surface area contributed by atoms with Gasteiger partial charge in [0.05, 0.1) is 43.6 Å². The van der Waals surface area contributed by atoms with E-state index in [4.69, 9.17) is 10.5 Å². The first kappa shape index (κ1) is 51.3. The Balaban J connectivity index is 0.935. The fourth-order valence-corrected chi connectivity index (χ4v) is 10.9. The topological polar surface area (TPSA) is 220 Å². The third-order valence-corrected chi connectivity index (χ3v) is 15.5. The minimum atomic E-state index is -0.967. The van der Waals surface area contributed by atoms with E-state index in [-0.39, 0.29) is 66.2 Å². The molecule has 5 heterocycles. The maximum Gasteiger partial charge on any atom is 0.248 e. The van der Waals surface area contributed by atoms with Crippen molar-refractivity contribution in [2.75, 3.05) is 13.1 Å². The van der Waals surface area contributed by atoms with Crippen molar-refractivity contribution in [2.45, 2.75) is 157 Å². The van der Waals surface area contributed by atoms with Gasteiger partial charge in [0.25, 0.3) is 0 Å². The predicted octanol–water partition coefficient (Wildman–Crippen LogP) is 4.91. The van der Waals surface area contributed by atoms with Gasteiger partial charge in [0.2, 0.25) is 28.8 Å². The lowest BCUT2D eigenvalue weighted by Gasteiger charge is -2.34. The van der Waals surface area contributed by atoms with Gasteiger partial charge in [-0.2, -0.15) is 0 Å². The Morgan fingerprint density at radius 3 is 2.20 bits per heavy atom. The van der Waals surface area contributed by atoms with Crippen LogP contribution in [0.15, 0.2) is 107 Å². The van der Waals surface area contributed by atoms with E-state index in [1.807, 2.05) is 97.3 Å². The molecule has 0 radical (unpaired) electrons. The van der Waals surface area contributed by atoms with Gasteiger partial charge in [0.1, 0.15) is 17.8 Å². The number of benzene rings is 3. The van der Waals surface area contributed by atoms with Crippen LogP contribution >= 0.6 is 11.8 Å². The van der Waals surface area contributed by atoms with Gasteiger partial charge < -0.3 is 36.2 Å². The highest BCUT2D eigenvalue weighted by molar-refractivity contribution is 7.99. The molecule has 8 rings (SSSR count). The fraction of sp³-hybridized carbons (Fsp3) is 0.519. The second kappa shape index (κ2) is 24.4. The number of ether oxygens (including phenoxy) is 1. The zero-order valence-electron chi connectivity index (χ0n) is 41.3. The van der Waals surface area contributed by atoms with E-state index in [1.165, 1.54) is 11.8 Å². The van der Waals surface area contributed by atoms with E-state index in [1.54, 1.807) is 22.5 Å². The molecule has 0 saturated carbocycles. The summed E-state index contributed by atoms with van der Waals surface area (Å²) in [5.74, 6) is -1.52. The van der Waals surface area contributed by atoms with Crippen LogP contribution in [-0.2, 0) is 43.6 Å². The van der Waals surface area contributed by atoms with Gasteiger partial charge in [0, 0.05) is 48.4 Å². The third kappa shape index (κ3) is 12.7. The lowest BCUT2D eigenvalue weighted by Crippen LogP contribution is -2.57. The number of nitrogens with zero attached hydrogens (tertiary/aromatic N) is 9. The molecule has 3 saturated heterocycles. The van der Waals surface area contributed by atoms with E-state index >= 15 is 0 Å². The van der Waals surface area contributed by atoms with Gasteiger partial charge in [-0.25, -0.2) is 4.68 Å². The van der Waals surface area contributed by atoms with Gasteiger partial charge in [-0.3, -0.25) is 23.9 Å². The molecule has 5 aromatic rings. The smallest absolute Gasteiger partial charge is 0.248 e. The summed E-state index contributed by atoms with van der Waals surface area (Å²) >= 11 is 1.46. The predicted molar refractivity (Wildman–Crippen MR) is 268 cm³/mol. The Hall–Kier alpha value is -6.02. The summed E-state index contributed by atoms with van der Waals surface area (Å²) < 4.78 is 9.80. The van der Waals surface area contributed by atoms with Gasteiger partial charge in [-0.05, 0) is 104 Å². The number of hydrogen-bond acceptors (Lipinski definition) is 13. The maximum atomic E-state index is 14.9. The van der Waals surface area contributed by atoms with Crippen molar-refractivity contribution >= 4 is 35.4 Å². The van der Waals surface area contributed by atoms with Crippen LogP contribution < -0.4 is 21.7 Å². The molecule has 2 aromatic heterocycles. The molecule has 3 aliphatic heterocycles.